The highest BCUT2D eigenvalue weighted by atomic mass is 35.5. The maximum absolute atomic E-state index is 12.4. The van der Waals surface area contributed by atoms with Crippen LogP contribution in [0.3, 0.4) is 0 Å². The third-order valence-corrected chi connectivity index (χ3v) is 4.09. The van der Waals surface area contributed by atoms with Crippen LogP contribution in [-0.4, -0.2) is 13.0 Å². The lowest BCUT2D eigenvalue weighted by Crippen LogP contribution is -2.15. The Morgan fingerprint density at radius 1 is 1.16 bits per heavy atom. The number of amides is 1. The molecule has 0 spiro atoms. The van der Waals surface area contributed by atoms with Crippen LogP contribution in [0.4, 0.5) is 5.69 Å². The Morgan fingerprint density at radius 3 is 2.60 bits per heavy atom. The number of carbonyl (C=O) groups excluding carboxylic acids is 1. The zero-order valence-electron chi connectivity index (χ0n) is 14.0. The van der Waals surface area contributed by atoms with E-state index in [-0.39, 0.29) is 11.2 Å². The minimum Gasteiger partial charge on any atom is -0.495 e. The first kappa shape index (κ1) is 17.0. The number of methoxy groups -OCH3 is 1. The second-order valence-corrected chi connectivity index (χ2v) is 6.14. The van der Waals surface area contributed by atoms with E-state index < -0.39 is 5.91 Å². The predicted molar refractivity (Wildman–Crippen MR) is 97.9 cm³/mol. The van der Waals surface area contributed by atoms with Crippen LogP contribution in [-0.2, 0) is 0 Å². The van der Waals surface area contributed by atoms with Gasteiger partial charge >= 0.3 is 0 Å². The van der Waals surface area contributed by atoms with Crippen molar-refractivity contribution in [2.75, 3.05) is 12.4 Å². The van der Waals surface area contributed by atoms with Gasteiger partial charge in [0.1, 0.15) is 11.3 Å². The van der Waals surface area contributed by atoms with Gasteiger partial charge in [0.05, 0.1) is 17.5 Å². The number of rotatable bonds is 3. The summed E-state index contributed by atoms with van der Waals surface area (Å²) in [6.45, 7) is 3.74. The van der Waals surface area contributed by atoms with Gasteiger partial charge < -0.3 is 14.5 Å². The SMILES string of the molecule is COc1ccc(NC(=O)c2cc(=O)c3cc(C)cc(C)c3o2)cc1Cl. The summed E-state index contributed by atoms with van der Waals surface area (Å²) in [7, 11) is 1.51. The van der Waals surface area contributed by atoms with Gasteiger partial charge in [-0.05, 0) is 49.2 Å². The molecule has 1 aromatic heterocycles. The molecule has 0 radical (unpaired) electrons. The summed E-state index contributed by atoms with van der Waals surface area (Å²) in [6.07, 6.45) is 0. The molecule has 2 aromatic carbocycles. The van der Waals surface area contributed by atoms with Crippen molar-refractivity contribution in [3.63, 3.8) is 0 Å². The Hall–Kier alpha value is -2.79. The first-order chi connectivity index (χ1) is 11.9. The number of carbonyl (C=O) groups is 1. The summed E-state index contributed by atoms with van der Waals surface area (Å²) in [5.41, 5.74) is 2.39. The Bertz CT molecular complexity index is 1040. The van der Waals surface area contributed by atoms with Crippen molar-refractivity contribution in [1.29, 1.82) is 0 Å². The molecule has 1 N–H and O–H groups in total. The van der Waals surface area contributed by atoms with Gasteiger partial charge in [-0.15, -0.1) is 0 Å². The number of hydrogen-bond donors (Lipinski definition) is 1. The quantitative estimate of drug-likeness (QED) is 0.757. The zero-order chi connectivity index (χ0) is 18.1. The Labute approximate surface area is 149 Å². The minimum absolute atomic E-state index is 0.0589. The first-order valence-electron chi connectivity index (χ1n) is 7.59. The topological polar surface area (TPSA) is 68.5 Å². The molecule has 128 valence electrons. The second kappa shape index (κ2) is 6.61. The predicted octanol–water partition coefficient (Wildman–Crippen LogP) is 4.32. The molecule has 3 aromatic rings. The number of fused-ring (bicyclic) bond motifs is 1. The number of benzene rings is 2. The number of nitrogens with one attached hydrogen (secondary N) is 1. The summed E-state index contributed by atoms with van der Waals surface area (Å²) in [5, 5.41) is 3.49. The largest absolute Gasteiger partial charge is 0.495 e. The van der Waals surface area contributed by atoms with Gasteiger partial charge in [-0.3, -0.25) is 9.59 Å². The van der Waals surface area contributed by atoms with Crippen LogP contribution in [0.5, 0.6) is 5.75 Å². The molecule has 5 nitrogen and oxygen atoms in total. The molecule has 0 atom stereocenters. The van der Waals surface area contributed by atoms with Gasteiger partial charge in [0.2, 0.25) is 0 Å². The average molecular weight is 358 g/mol. The molecular weight excluding hydrogens is 342 g/mol. The van der Waals surface area contributed by atoms with Crippen LogP contribution >= 0.6 is 11.6 Å². The van der Waals surface area contributed by atoms with Gasteiger partial charge in [0.25, 0.3) is 5.91 Å². The van der Waals surface area contributed by atoms with Crippen molar-refractivity contribution in [2.24, 2.45) is 0 Å². The standard InChI is InChI=1S/C19H16ClNO4/c1-10-6-11(2)18-13(7-10)15(22)9-17(25-18)19(23)21-12-4-5-16(24-3)14(20)8-12/h4-9H,1-3H3,(H,21,23). The van der Waals surface area contributed by atoms with Crippen molar-refractivity contribution < 1.29 is 13.9 Å². The molecular formula is C19H16ClNO4. The fourth-order valence-electron chi connectivity index (χ4n) is 2.66. The Kier molecular flexibility index (Phi) is 4.51. The van der Waals surface area contributed by atoms with Gasteiger partial charge in [-0.1, -0.05) is 17.7 Å². The normalized spacial score (nSPS) is 10.7. The van der Waals surface area contributed by atoms with E-state index in [4.69, 9.17) is 20.8 Å². The van der Waals surface area contributed by atoms with Gasteiger partial charge in [-0.2, -0.15) is 0 Å². The van der Waals surface area contributed by atoms with Crippen LogP contribution in [0.25, 0.3) is 11.0 Å². The van der Waals surface area contributed by atoms with Crippen LogP contribution < -0.4 is 15.5 Å². The Morgan fingerprint density at radius 2 is 1.92 bits per heavy atom. The van der Waals surface area contributed by atoms with E-state index in [2.05, 4.69) is 5.32 Å². The fourth-order valence-corrected chi connectivity index (χ4v) is 2.92. The highest BCUT2D eigenvalue weighted by molar-refractivity contribution is 6.32. The van der Waals surface area contributed by atoms with E-state index in [1.807, 2.05) is 19.9 Å². The van der Waals surface area contributed by atoms with Crippen LogP contribution in [0, 0.1) is 13.8 Å². The first-order valence-corrected chi connectivity index (χ1v) is 7.97. The van der Waals surface area contributed by atoms with Crippen LogP contribution in [0.1, 0.15) is 21.7 Å². The van der Waals surface area contributed by atoms with Gasteiger partial charge in [0.15, 0.2) is 11.2 Å². The molecule has 0 aliphatic rings. The van der Waals surface area contributed by atoms with Crippen molar-refractivity contribution in [2.45, 2.75) is 13.8 Å². The lowest BCUT2D eigenvalue weighted by Gasteiger charge is -2.09. The van der Waals surface area contributed by atoms with Crippen LogP contribution in [0.15, 0.2) is 45.6 Å². The highest BCUT2D eigenvalue weighted by Crippen LogP contribution is 2.27. The van der Waals surface area contributed by atoms with E-state index in [1.165, 1.54) is 13.2 Å². The zero-order valence-corrected chi connectivity index (χ0v) is 14.7. The molecule has 0 fully saturated rings. The number of hydrogen-bond acceptors (Lipinski definition) is 4. The van der Waals surface area contributed by atoms with Crippen molar-refractivity contribution >= 4 is 34.2 Å². The van der Waals surface area contributed by atoms with E-state index in [0.717, 1.165) is 11.1 Å². The summed E-state index contributed by atoms with van der Waals surface area (Å²) in [4.78, 5) is 24.8. The minimum atomic E-state index is -0.528. The Balaban J connectivity index is 1.97. The molecule has 1 amide bonds. The van der Waals surface area contributed by atoms with E-state index in [0.29, 0.717) is 27.4 Å². The van der Waals surface area contributed by atoms with E-state index in [9.17, 15) is 9.59 Å². The molecule has 0 aliphatic carbocycles. The molecule has 0 unspecified atom stereocenters. The summed E-state index contributed by atoms with van der Waals surface area (Å²) in [5.74, 6) is -0.0838. The molecule has 0 saturated carbocycles. The summed E-state index contributed by atoms with van der Waals surface area (Å²) in [6, 6.07) is 9.70. The highest BCUT2D eigenvalue weighted by Gasteiger charge is 2.15. The van der Waals surface area contributed by atoms with Crippen molar-refractivity contribution in [3.8, 4) is 5.75 Å². The smallest absolute Gasteiger partial charge is 0.291 e. The maximum Gasteiger partial charge on any atom is 0.291 e. The molecule has 6 heteroatoms. The molecule has 0 saturated heterocycles. The van der Waals surface area contributed by atoms with E-state index in [1.54, 1.807) is 24.3 Å². The maximum atomic E-state index is 12.4. The lowest BCUT2D eigenvalue weighted by molar-refractivity contribution is 0.0997. The summed E-state index contributed by atoms with van der Waals surface area (Å²) >= 11 is 6.05. The number of anilines is 1. The molecule has 0 bridgehead atoms. The van der Waals surface area contributed by atoms with Crippen molar-refractivity contribution in [3.05, 3.63) is 68.5 Å². The van der Waals surface area contributed by atoms with Gasteiger partial charge in [-0.25, -0.2) is 0 Å². The monoisotopic (exact) mass is 357 g/mol. The third-order valence-electron chi connectivity index (χ3n) is 3.79. The third kappa shape index (κ3) is 3.37. The van der Waals surface area contributed by atoms with Gasteiger partial charge in [0, 0.05) is 11.8 Å². The molecule has 0 aliphatic heterocycles. The van der Waals surface area contributed by atoms with Crippen LogP contribution in [0.2, 0.25) is 5.02 Å². The van der Waals surface area contributed by atoms with Crippen molar-refractivity contribution in [1.82, 2.24) is 0 Å². The average Bonchev–Trinajstić information content (AvgIpc) is 2.55. The molecule has 1 heterocycles. The molecule has 3 rings (SSSR count). The summed E-state index contributed by atoms with van der Waals surface area (Å²) < 4.78 is 10.7. The molecule has 25 heavy (non-hydrogen) atoms. The van der Waals surface area contributed by atoms with E-state index >= 15 is 0 Å². The fraction of sp³-hybridized carbons (Fsp3) is 0.158. The lowest BCUT2D eigenvalue weighted by atomic mass is 10.1. The number of aryl methyl sites for hydroxylation is 2. The second-order valence-electron chi connectivity index (χ2n) is 5.74. The number of halogens is 1. The number of ether oxygens (including phenoxy) is 1.